The first-order valence-electron chi connectivity index (χ1n) is 9.15. The van der Waals surface area contributed by atoms with E-state index in [1.165, 1.54) is 32.9 Å². The molecule has 4 rings (SSSR count). The third kappa shape index (κ3) is 2.53. The van der Waals surface area contributed by atoms with Crippen LogP contribution in [0.25, 0.3) is 21.7 Å². The Hall–Kier alpha value is -2.29. The Morgan fingerprint density at radius 2 is 1.92 bits per heavy atom. The molecule has 1 fully saturated rings. The topological polar surface area (TPSA) is 44.9 Å². The second-order valence-corrected chi connectivity index (χ2v) is 8.05. The smallest absolute Gasteiger partial charge is 0.216 e. The Morgan fingerprint density at radius 3 is 2.68 bits per heavy atom. The van der Waals surface area contributed by atoms with E-state index in [9.17, 15) is 4.79 Å². The molecule has 0 bridgehead atoms. The zero-order chi connectivity index (χ0) is 17.8. The van der Waals surface area contributed by atoms with Crippen LogP contribution in [-0.2, 0) is 4.79 Å². The maximum Gasteiger partial charge on any atom is 0.216 e. The van der Waals surface area contributed by atoms with Crippen molar-refractivity contribution in [2.75, 3.05) is 6.54 Å². The first kappa shape index (κ1) is 16.2. The minimum atomic E-state index is 0.0600. The molecule has 25 heavy (non-hydrogen) atoms. The van der Waals surface area contributed by atoms with Crippen LogP contribution in [0.2, 0.25) is 0 Å². The van der Waals surface area contributed by atoms with E-state index in [4.69, 9.17) is 0 Å². The van der Waals surface area contributed by atoms with E-state index in [1.807, 2.05) is 0 Å². The summed E-state index contributed by atoms with van der Waals surface area (Å²) in [4.78, 5) is 14.8. The van der Waals surface area contributed by atoms with Crippen LogP contribution in [0.4, 0.5) is 0 Å². The zero-order valence-electron chi connectivity index (χ0n) is 15.4. The van der Waals surface area contributed by atoms with Gasteiger partial charge >= 0.3 is 0 Å². The monoisotopic (exact) mass is 334 g/mol. The van der Waals surface area contributed by atoms with Crippen molar-refractivity contribution < 1.29 is 4.79 Å². The number of benzene rings is 2. The first-order valence-corrected chi connectivity index (χ1v) is 9.15. The van der Waals surface area contributed by atoms with Crippen LogP contribution in [-0.4, -0.2) is 17.4 Å². The summed E-state index contributed by atoms with van der Waals surface area (Å²) >= 11 is 0. The highest BCUT2D eigenvalue weighted by Crippen LogP contribution is 2.67. The highest BCUT2D eigenvalue weighted by Gasteiger charge is 2.58. The van der Waals surface area contributed by atoms with E-state index in [2.05, 4.69) is 67.5 Å². The Kier molecular flexibility index (Phi) is 3.64. The fourth-order valence-electron chi connectivity index (χ4n) is 4.75. The molecule has 130 valence electrons. The van der Waals surface area contributed by atoms with Gasteiger partial charge in [0.25, 0.3) is 0 Å². The van der Waals surface area contributed by atoms with Crippen molar-refractivity contribution in [2.24, 2.45) is 11.3 Å². The summed E-state index contributed by atoms with van der Waals surface area (Å²) in [5.74, 6) is 1.23. The molecule has 1 aromatic heterocycles. The number of carbonyl (C=O) groups is 1. The van der Waals surface area contributed by atoms with Gasteiger partial charge in [0.15, 0.2) is 0 Å². The maximum absolute atomic E-state index is 11.2. The van der Waals surface area contributed by atoms with Crippen molar-refractivity contribution in [2.45, 2.75) is 40.0 Å². The molecule has 2 atom stereocenters. The van der Waals surface area contributed by atoms with Crippen molar-refractivity contribution in [1.29, 1.82) is 0 Å². The van der Waals surface area contributed by atoms with Gasteiger partial charge in [-0.1, -0.05) is 50.2 Å². The largest absolute Gasteiger partial charge is 0.358 e. The number of hydrogen-bond acceptors (Lipinski definition) is 1. The van der Waals surface area contributed by atoms with Gasteiger partial charge in [0.1, 0.15) is 0 Å². The molecule has 0 unspecified atom stereocenters. The molecule has 2 N–H and O–H groups in total. The number of fused-ring (bicyclic) bond motifs is 3. The third-order valence-electron chi connectivity index (χ3n) is 6.13. The van der Waals surface area contributed by atoms with E-state index in [0.717, 1.165) is 13.0 Å². The molecule has 0 spiro atoms. The van der Waals surface area contributed by atoms with Crippen molar-refractivity contribution in [3.63, 3.8) is 0 Å². The fourth-order valence-corrected chi connectivity index (χ4v) is 4.75. The number of rotatable bonds is 4. The minimum absolute atomic E-state index is 0.0600. The number of amides is 1. The van der Waals surface area contributed by atoms with Gasteiger partial charge in [0, 0.05) is 29.9 Å². The number of carbonyl (C=O) groups excluding carboxylic acids is 1. The van der Waals surface area contributed by atoms with E-state index in [-0.39, 0.29) is 11.3 Å². The van der Waals surface area contributed by atoms with Gasteiger partial charge in [-0.05, 0) is 41.5 Å². The molecule has 0 saturated heterocycles. The number of H-pyrrole nitrogens is 1. The predicted molar refractivity (Wildman–Crippen MR) is 104 cm³/mol. The van der Waals surface area contributed by atoms with Crippen LogP contribution in [0.15, 0.2) is 36.4 Å². The van der Waals surface area contributed by atoms with E-state index in [1.54, 1.807) is 6.92 Å². The normalized spacial score (nSPS) is 21.6. The summed E-state index contributed by atoms with van der Waals surface area (Å²) in [5, 5.41) is 6.88. The van der Waals surface area contributed by atoms with Crippen LogP contribution in [0.3, 0.4) is 0 Å². The van der Waals surface area contributed by atoms with Gasteiger partial charge in [-0.15, -0.1) is 0 Å². The van der Waals surface area contributed by atoms with Crippen LogP contribution in [0.1, 0.15) is 44.4 Å². The second-order valence-electron chi connectivity index (χ2n) is 8.05. The van der Waals surface area contributed by atoms with E-state index < -0.39 is 0 Å². The van der Waals surface area contributed by atoms with Crippen LogP contribution < -0.4 is 5.32 Å². The predicted octanol–water partition coefficient (Wildman–Crippen LogP) is 4.90. The van der Waals surface area contributed by atoms with Crippen LogP contribution in [0.5, 0.6) is 0 Å². The summed E-state index contributed by atoms with van der Waals surface area (Å²) < 4.78 is 0. The number of hydrogen-bond donors (Lipinski definition) is 2. The summed E-state index contributed by atoms with van der Waals surface area (Å²) in [5.41, 5.74) is 4.29. The Bertz CT molecular complexity index is 967. The van der Waals surface area contributed by atoms with Crippen LogP contribution in [0, 0.1) is 18.3 Å². The average Bonchev–Trinajstić information content (AvgIpc) is 2.93. The quantitative estimate of drug-likeness (QED) is 0.700. The standard InChI is InChI=1S/C22H26N2O/c1-13-19(20-18(22(20,3)4)11-12-23-14(2)25)17-10-9-15-7-5-6-8-16(15)21(17)24-13/h5-10,18,20,24H,11-12H2,1-4H3,(H,23,25)/t18-,20+/m0/s1. The van der Waals surface area contributed by atoms with Gasteiger partial charge in [0.2, 0.25) is 5.91 Å². The highest BCUT2D eigenvalue weighted by atomic mass is 16.1. The van der Waals surface area contributed by atoms with E-state index >= 15 is 0 Å². The molecule has 3 aromatic rings. The number of aromatic nitrogens is 1. The van der Waals surface area contributed by atoms with Gasteiger partial charge in [0.05, 0.1) is 5.52 Å². The summed E-state index contributed by atoms with van der Waals surface area (Å²) in [6, 6.07) is 13.1. The Labute approximate surface area is 148 Å². The summed E-state index contributed by atoms with van der Waals surface area (Å²) in [7, 11) is 0. The molecular formula is C22H26N2O. The van der Waals surface area contributed by atoms with Crippen molar-refractivity contribution in [3.8, 4) is 0 Å². The minimum Gasteiger partial charge on any atom is -0.358 e. The second kappa shape index (κ2) is 5.62. The highest BCUT2D eigenvalue weighted by molar-refractivity contribution is 6.07. The molecule has 1 amide bonds. The molecule has 1 saturated carbocycles. The number of aryl methyl sites for hydroxylation is 1. The Morgan fingerprint density at radius 1 is 1.16 bits per heavy atom. The van der Waals surface area contributed by atoms with Crippen molar-refractivity contribution in [3.05, 3.63) is 47.7 Å². The van der Waals surface area contributed by atoms with Crippen molar-refractivity contribution >= 4 is 27.6 Å². The molecule has 1 heterocycles. The first-order chi connectivity index (χ1) is 11.9. The number of nitrogens with one attached hydrogen (secondary N) is 2. The fraction of sp³-hybridized carbons (Fsp3) is 0.409. The lowest BCUT2D eigenvalue weighted by Crippen LogP contribution is -2.21. The molecule has 3 nitrogen and oxygen atoms in total. The molecule has 1 aliphatic rings. The van der Waals surface area contributed by atoms with Crippen molar-refractivity contribution in [1.82, 2.24) is 10.3 Å². The zero-order valence-corrected chi connectivity index (χ0v) is 15.4. The summed E-state index contributed by atoms with van der Waals surface area (Å²) in [6.45, 7) is 9.27. The summed E-state index contributed by atoms with van der Waals surface area (Å²) in [6.07, 6.45) is 1.04. The molecule has 2 aromatic carbocycles. The maximum atomic E-state index is 11.2. The molecule has 1 aliphatic carbocycles. The van der Waals surface area contributed by atoms with Gasteiger partial charge in [-0.3, -0.25) is 4.79 Å². The lowest BCUT2D eigenvalue weighted by Gasteiger charge is -2.04. The number of aromatic amines is 1. The lowest BCUT2D eigenvalue weighted by molar-refractivity contribution is -0.118. The lowest BCUT2D eigenvalue weighted by atomic mass is 9.98. The van der Waals surface area contributed by atoms with Crippen LogP contribution >= 0.6 is 0 Å². The third-order valence-corrected chi connectivity index (χ3v) is 6.13. The van der Waals surface area contributed by atoms with E-state index in [0.29, 0.717) is 11.8 Å². The van der Waals surface area contributed by atoms with Gasteiger partial charge in [-0.2, -0.15) is 0 Å². The Balaban J connectivity index is 1.73. The molecule has 3 heteroatoms. The van der Waals surface area contributed by atoms with Gasteiger partial charge < -0.3 is 10.3 Å². The molecule has 0 aliphatic heterocycles. The average molecular weight is 334 g/mol. The van der Waals surface area contributed by atoms with Gasteiger partial charge in [-0.25, -0.2) is 0 Å². The SMILES string of the molecule is CC(=O)NCC[C@H]1[C@H](c2c(C)[nH]c3c2ccc2ccccc23)C1(C)C. The molecular weight excluding hydrogens is 308 g/mol. The molecule has 0 radical (unpaired) electrons.